The zero-order valence-electron chi connectivity index (χ0n) is 14.6. The van der Waals surface area contributed by atoms with E-state index in [2.05, 4.69) is 9.71 Å². The van der Waals surface area contributed by atoms with E-state index in [1.807, 2.05) is 31.2 Å². The first kappa shape index (κ1) is 18.2. The maximum absolute atomic E-state index is 12.3. The van der Waals surface area contributed by atoms with Crippen LogP contribution in [0.5, 0.6) is 5.75 Å². The van der Waals surface area contributed by atoms with E-state index in [-0.39, 0.29) is 17.0 Å². The standard InChI is InChI=1S/C19H20N2O4S/c1-13-3-8-18-15(11-13)12-14(19(22)21-18)9-10-20-26(23,24)17-6-4-16(25-2)5-7-17/h3-8,11-12,20H,9-10H2,1-2H3,(H,21,22). The van der Waals surface area contributed by atoms with Crippen molar-refractivity contribution in [1.82, 2.24) is 9.71 Å². The molecule has 0 saturated heterocycles. The molecule has 0 aliphatic rings. The molecule has 0 bridgehead atoms. The Balaban J connectivity index is 1.73. The molecule has 7 heteroatoms. The molecule has 0 saturated carbocycles. The first-order valence-electron chi connectivity index (χ1n) is 8.15. The Morgan fingerprint density at radius 1 is 1.08 bits per heavy atom. The van der Waals surface area contributed by atoms with Crippen LogP contribution in [0.1, 0.15) is 11.1 Å². The molecule has 0 unspecified atom stereocenters. The maximum atomic E-state index is 12.3. The Kier molecular flexibility index (Phi) is 5.11. The van der Waals surface area contributed by atoms with Gasteiger partial charge in [-0.15, -0.1) is 0 Å². The van der Waals surface area contributed by atoms with Gasteiger partial charge in [0.1, 0.15) is 5.75 Å². The molecule has 1 aromatic heterocycles. The smallest absolute Gasteiger partial charge is 0.251 e. The summed E-state index contributed by atoms with van der Waals surface area (Å²) in [6.07, 6.45) is 0.300. The second-order valence-electron chi connectivity index (χ2n) is 6.04. The molecule has 3 rings (SSSR count). The summed E-state index contributed by atoms with van der Waals surface area (Å²) in [5, 5.41) is 0.928. The molecular formula is C19H20N2O4S. The summed E-state index contributed by atoms with van der Waals surface area (Å²) in [4.78, 5) is 15.2. The zero-order chi connectivity index (χ0) is 18.7. The Morgan fingerprint density at radius 3 is 2.50 bits per heavy atom. The van der Waals surface area contributed by atoms with E-state index >= 15 is 0 Å². The van der Waals surface area contributed by atoms with Crippen LogP contribution in [-0.2, 0) is 16.4 Å². The largest absolute Gasteiger partial charge is 0.497 e. The topological polar surface area (TPSA) is 88.3 Å². The van der Waals surface area contributed by atoms with E-state index in [4.69, 9.17) is 4.74 Å². The first-order chi connectivity index (χ1) is 12.4. The third kappa shape index (κ3) is 3.95. The van der Waals surface area contributed by atoms with Crippen LogP contribution in [-0.4, -0.2) is 27.1 Å². The SMILES string of the molecule is COc1ccc(S(=O)(=O)NCCc2cc3cc(C)ccc3[nH]c2=O)cc1. The van der Waals surface area contributed by atoms with Crippen molar-refractivity contribution in [2.45, 2.75) is 18.2 Å². The minimum Gasteiger partial charge on any atom is -0.497 e. The molecule has 0 fully saturated rings. The van der Waals surface area contributed by atoms with E-state index in [1.165, 1.54) is 19.2 Å². The van der Waals surface area contributed by atoms with Gasteiger partial charge >= 0.3 is 0 Å². The van der Waals surface area contributed by atoms with Crippen LogP contribution in [0.25, 0.3) is 10.9 Å². The van der Waals surface area contributed by atoms with Crippen molar-refractivity contribution in [2.24, 2.45) is 0 Å². The van der Waals surface area contributed by atoms with Crippen LogP contribution in [0.2, 0.25) is 0 Å². The van der Waals surface area contributed by atoms with E-state index in [9.17, 15) is 13.2 Å². The number of aromatic nitrogens is 1. The van der Waals surface area contributed by atoms with E-state index in [0.29, 0.717) is 17.7 Å². The molecule has 26 heavy (non-hydrogen) atoms. The number of sulfonamides is 1. The minimum absolute atomic E-state index is 0.134. The fourth-order valence-electron chi connectivity index (χ4n) is 2.72. The molecule has 0 aliphatic heterocycles. The van der Waals surface area contributed by atoms with Crippen molar-refractivity contribution in [1.29, 1.82) is 0 Å². The number of ether oxygens (including phenoxy) is 1. The maximum Gasteiger partial charge on any atom is 0.251 e. The highest BCUT2D eigenvalue weighted by Gasteiger charge is 2.14. The van der Waals surface area contributed by atoms with Crippen LogP contribution in [0.15, 0.2) is 58.2 Å². The summed E-state index contributed by atoms with van der Waals surface area (Å²) < 4.78 is 32.2. The predicted molar refractivity (Wildman–Crippen MR) is 101 cm³/mol. The van der Waals surface area contributed by atoms with Gasteiger partial charge in [0.2, 0.25) is 10.0 Å². The summed E-state index contributed by atoms with van der Waals surface area (Å²) in [5.74, 6) is 0.585. The number of hydrogen-bond acceptors (Lipinski definition) is 4. The Labute approximate surface area is 151 Å². The number of benzene rings is 2. The second-order valence-corrected chi connectivity index (χ2v) is 7.80. The van der Waals surface area contributed by atoms with E-state index in [0.717, 1.165) is 16.5 Å². The van der Waals surface area contributed by atoms with Crippen molar-refractivity contribution in [3.8, 4) is 5.75 Å². The highest BCUT2D eigenvalue weighted by molar-refractivity contribution is 7.89. The molecule has 1 heterocycles. The quantitative estimate of drug-likeness (QED) is 0.695. The van der Waals surface area contributed by atoms with Gasteiger partial charge in [0.15, 0.2) is 0 Å². The van der Waals surface area contributed by atoms with Gasteiger partial charge in [-0.3, -0.25) is 4.79 Å². The number of H-pyrrole nitrogens is 1. The summed E-state index contributed by atoms with van der Waals surface area (Å²) >= 11 is 0. The second kappa shape index (κ2) is 7.31. The van der Waals surface area contributed by atoms with E-state index < -0.39 is 10.0 Å². The average molecular weight is 372 g/mol. The van der Waals surface area contributed by atoms with Crippen LogP contribution < -0.4 is 15.0 Å². The van der Waals surface area contributed by atoms with Crippen LogP contribution in [0.3, 0.4) is 0 Å². The number of nitrogens with one attached hydrogen (secondary N) is 2. The van der Waals surface area contributed by atoms with Gasteiger partial charge in [-0.25, -0.2) is 13.1 Å². The lowest BCUT2D eigenvalue weighted by Gasteiger charge is -2.08. The van der Waals surface area contributed by atoms with Crippen LogP contribution in [0, 0.1) is 6.92 Å². The summed E-state index contributed by atoms with van der Waals surface area (Å²) in [7, 11) is -2.12. The lowest BCUT2D eigenvalue weighted by atomic mass is 10.1. The number of rotatable bonds is 6. The third-order valence-electron chi connectivity index (χ3n) is 4.13. The Hall–Kier alpha value is -2.64. The summed E-state index contributed by atoms with van der Waals surface area (Å²) in [6.45, 7) is 2.11. The van der Waals surface area contributed by atoms with Gasteiger partial charge in [0, 0.05) is 17.6 Å². The molecule has 0 atom stereocenters. The Morgan fingerprint density at radius 2 is 1.81 bits per heavy atom. The summed E-state index contributed by atoms with van der Waals surface area (Å²) in [6, 6.07) is 13.7. The van der Waals surface area contributed by atoms with E-state index in [1.54, 1.807) is 12.1 Å². The van der Waals surface area contributed by atoms with Crippen molar-refractivity contribution in [3.05, 3.63) is 70.0 Å². The zero-order valence-corrected chi connectivity index (χ0v) is 15.4. The number of pyridine rings is 1. The molecule has 6 nitrogen and oxygen atoms in total. The molecule has 0 aliphatic carbocycles. The summed E-state index contributed by atoms with van der Waals surface area (Å²) in [5.41, 5.74) is 2.20. The molecule has 0 amide bonds. The fraction of sp³-hybridized carbons (Fsp3) is 0.211. The number of methoxy groups -OCH3 is 1. The highest BCUT2D eigenvalue weighted by Crippen LogP contribution is 2.16. The van der Waals surface area contributed by atoms with Gasteiger partial charge < -0.3 is 9.72 Å². The lowest BCUT2D eigenvalue weighted by molar-refractivity contribution is 0.414. The van der Waals surface area contributed by atoms with Crippen molar-refractivity contribution >= 4 is 20.9 Å². The third-order valence-corrected chi connectivity index (χ3v) is 5.61. The molecule has 2 aromatic carbocycles. The van der Waals surface area contributed by atoms with Crippen LogP contribution in [0.4, 0.5) is 0 Å². The van der Waals surface area contributed by atoms with Crippen molar-refractivity contribution in [3.63, 3.8) is 0 Å². The van der Waals surface area contributed by atoms with Gasteiger partial charge in [-0.2, -0.15) is 0 Å². The highest BCUT2D eigenvalue weighted by atomic mass is 32.2. The van der Waals surface area contributed by atoms with Gasteiger partial charge in [-0.05, 0) is 61.2 Å². The molecule has 3 aromatic rings. The lowest BCUT2D eigenvalue weighted by Crippen LogP contribution is -2.27. The van der Waals surface area contributed by atoms with Gasteiger partial charge in [0.05, 0.1) is 12.0 Å². The molecular weight excluding hydrogens is 352 g/mol. The number of fused-ring (bicyclic) bond motifs is 1. The normalized spacial score (nSPS) is 11.6. The number of hydrogen-bond donors (Lipinski definition) is 2. The van der Waals surface area contributed by atoms with Gasteiger partial charge in [0.25, 0.3) is 5.56 Å². The van der Waals surface area contributed by atoms with Crippen molar-refractivity contribution in [2.75, 3.05) is 13.7 Å². The number of aryl methyl sites for hydroxylation is 1. The van der Waals surface area contributed by atoms with Crippen molar-refractivity contribution < 1.29 is 13.2 Å². The molecule has 0 spiro atoms. The van der Waals surface area contributed by atoms with Gasteiger partial charge in [-0.1, -0.05) is 11.6 Å². The molecule has 0 radical (unpaired) electrons. The Bertz CT molecular complexity index is 1090. The monoisotopic (exact) mass is 372 g/mol. The van der Waals surface area contributed by atoms with Crippen LogP contribution >= 0.6 is 0 Å². The minimum atomic E-state index is -3.64. The fourth-order valence-corrected chi connectivity index (χ4v) is 3.75. The first-order valence-corrected chi connectivity index (χ1v) is 9.64. The number of aromatic amines is 1. The molecule has 136 valence electrons. The average Bonchev–Trinajstić information content (AvgIpc) is 2.62. The predicted octanol–water partition coefficient (Wildman–Crippen LogP) is 2.37. The molecule has 2 N–H and O–H groups in total.